The zero-order chi connectivity index (χ0) is 17.2. The Morgan fingerprint density at radius 2 is 1.80 bits per heavy atom. The molecule has 0 aliphatic carbocycles. The van der Waals surface area contributed by atoms with Gasteiger partial charge in [0.25, 0.3) is 0 Å². The van der Waals surface area contributed by atoms with Crippen molar-refractivity contribution in [3.63, 3.8) is 0 Å². The number of hydrogen-bond donors (Lipinski definition) is 2. The zero-order valence-corrected chi connectivity index (χ0v) is 13.7. The Morgan fingerprint density at radius 1 is 1.04 bits per heavy atom. The molecule has 25 heavy (non-hydrogen) atoms. The third-order valence-electron chi connectivity index (χ3n) is 4.18. The standard InChI is InChI=1S/C19H17N5O/c1-24-17-9-14(7-8-16(17)23-19(24)25)15-11-21-18(22-12-15)20-10-13-5-3-2-4-6-13/h2-9,11-12H,10H2,1H3,(H,23,25)(H,20,21,22). The van der Waals surface area contributed by atoms with Crippen LogP contribution in [-0.4, -0.2) is 19.5 Å². The van der Waals surface area contributed by atoms with Crippen LogP contribution in [-0.2, 0) is 13.6 Å². The molecule has 0 saturated heterocycles. The molecule has 4 aromatic rings. The minimum absolute atomic E-state index is 0.121. The highest BCUT2D eigenvalue weighted by Gasteiger charge is 2.06. The second-order valence-electron chi connectivity index (χ2n) is 5.86. The van der Waals surface area contributed by atoms with Gasteiger partial charge in [0.15, 0.2) is 0 Å². The van der Waals surface area contributed by atoms with E-state index in [9.17, 15) is 4.79 Å². The Kier molecular flexibility index (Phi) is 3.78. The monoisotopic (exact) mass is 331 g/mol. The van der Waals surface area contributed by atoms with Crippen molar-refractivity contribution in [2.75, 3.05) is 5.32 Å². The van der Waals surface area contributed by atoms with Crippen LogP contribution in [0.15, 0.2) is 65.7 Å². The Balaban J connectivity index is 1.55. The number of benzene rings is 2. The van der Waals surface area contributed by atoms with Gasteiger partial charge in [-0.05, 0) is 23.3 Å². The molecule has 0 atom stereocenters. The summed E-state index contributed by atoms with van der Waals surface area (Å²) in [5.74, 6) is 0.586. The minimum Gasteiger partial charge on any atom is -0.350 e. The smallest absolute Gasteiger partial charge is 0.326 e. The summed E-state index contributed by atoms with van der Waals surface area (Å²) in [5, 5.41) is 3.21. The van der Waals surface area contributed by atoms with Crippen LogP contribution in [0.2, 0.25) is 0 Å². The fraction of sp³-hybridized carbons (Fsp3) is 0.105. The summed E-state index contributed by atoms with van der Waals surface area (Å²) in [5.41, 5.74) is 4.60. The van der Waals surface area contributed by atoms with Gasteiger partial charge in [-0.1, -0.05) is 36.4 Å². The second-order valence-corrected chi connectivity index (χ2v) is 5.86. The van der Waals surface area contributed by atoms with Gasteiger partial charge in [0.2, 0.25) is 5.95 Å². The number of anilines is 1. The topological polar surface area (TPSA) is 75.6 Å². The maximum atomic E-state index is 11.7. The van der Waals surface area contributed by atoms with Crippen LogP contribution in [0.25, 0.3) is 22.2 Å². The first-order valence-corrected chi connectivity index (χ1v) is 8.00. The van der Waals surface area contributed by atoms with E-state index in [0.29, 0.717) is 12.5 Å². The van der Waals surface area contributed by atoms with Crippen LogP contribution < -0.4 is 11.0 Å². The summed E-state index contributed by atoms with van der Waals surface area (Å²) in [6.07, 6.45) is 3.57. The molecular formula is C19H17N5O. The van der Waals surface area contributed by atoms with E-state index in [4.69, 9.17) is 0 Å². The highest BCUT2D eigenvalue weighted by atomic mass is 16.1. The molecule has 6 nitrogen and oxygen atoms in total. The maximum Gasteiger partial charge on any atom is 0.326 e. The molecule has 6 heteroatoms. The lowest BCUT2D eigenvalue weighted by Gasteiger charge is -2.06. The summed E-state index contributed by atoms with van der Waals surface area (Å²) >= 11 is 0. The van der Waals surface area contributed by atoms with Crippen molar-refractivity contribution in [2.24, 2.45) is 7.05 Å². The number of nitrogens with one attached hydrogen (secondary N) is 2. The van der Waals surface area contributed by atoms with Gasteiger partial charge in [0.05, 0.1) is 11.0 Å². The molecule has 124 valence electrons. The van der Waals surface area contributed by atoms with Gasteiger partial charge in [-0.2, -0.15) is 0 Å². The fourth-order valence-electron chi connectivity index (χ4n) is 2.75. The summed E-state index contributed by atoms with van der Waals surface area (Å²) < 4.78 is 1.59. The first kappa shape index (κ1) is 15.1. The molecule has 0 fully saturated rings. The van der Waals surface area contributed by atoms with E-state index in [1.807, 2.05) is 36.4 Å². The number of aromatic nitrogens is 4. The molecule has 0 unspecified atom stereocenters. The van der Waals surface area contributed by atoms with Crippen LogP contribution >= 0.6 is 0 Å². The third-order valence-corrected chi connectivity index (χ3v) is 4.18. The molecule has 0 bridgehead atoms. The maximum absolute atomic E-state index is 11.7. The number of aromatic amines is 1. The number of fused-ring (bicyclic) bond motifs is 1. The molecule has 0 amide bonds. The number of rotatable bonds is 4. The number of aryl methyl sites for hydroxylation is 1. The minimum atomic E-state index is -0.121. The van der Waals surface area contributed by atoms with Crippen molar-refractivity contribution in [1.29, 1.82) is 0 Å². The van der Waals surface area contributed by atoms with Crippen LogP contribution in [0.5, 0.6) is 0 Å². The summed E-state index contributed by atoms with van der Waals surface area (Å²) in [4.78, 5) is 23.3. The Morgan fingerprint density at radius 3 is 2.56 bits per heavy atom. The van der Waals surface area contributed by atoms with Crippen molar-refractivity contribution in [3.05, 3.63) is 77.0 Å². The average Bonchev–Trinajstić information content (AvgIpc) is 2.95. The van der Waals surface area contributed by atoms with E-state index in [1.54, 1.807) is 24.0 Å². The van der Waals surface area contributed by atoms with Crippen molar-refractivity contribution >= 4 is 17.0 Å². The number of nitrogens with zero attached hydrogens (tertiary/aromatic N) is 3. The summed E-state index contributed by atoms with van der Waals surface area (Å²) in [7, 11) is 1.75. The van der Waals surface area contributed by atoms with E-state index in [1.165, 1.54) is 5.56 Å². The van der Waals surface area contributed by atoms with E-state index < -0.39 is 0 Å². The van der Waals surface area contributed by atoms with Crippen molar-refractivity contribution in [3.8, 4) is 11.1 Å². The lowest BCUT2D eigenvalue weighted by molar-refractivity contribution is 0.892. The van der Waals surface area contributed by atoms with Gasteiger partial charge in [-0.3, -0.25) is 4.57 Å². The first-order chi connectivity index (χ1) is 12.2. The SMILES string of the molecule is Cn1c(=O)[nH]c2ccc(-c3cnc(NCc4ccccc4)nc3)cc21. The molecule has 2 heterocycles. The molecular weight excluding hydrogens is 314 g/mol. The lowest BCUT2D eigenvalue weighted by atomic mass is 10.1. The number of hydrogen-bond acceptors (Lipinski definition) is 4. The summed E-state index contributed by atoms with van der Waals surface area (Å²) in [6, 6.07) is 15.9. The van der Waals surface area contributed by atoms with Crippen molar-refractivity contribution in [2.45, 2.75) is 6.54 Å². The van der Waals surface area contributed by atoms with Gasteiger partial charge in [0.1, 0.15) is 0 Å². The molecule has 0 spiro atoms. The van der Waals surface area contributed by atoms with Crippen LogP contribution in [0.1, 0.15) is 5.56 Å². The molecule has 4 rings (SSSR count). The van der Waals surface area contributed by atoms with Gasteiger partial charge in [0, 0.05) is 31.5 Å². The number of imidazole rings is 1. The predicted molar refractivity (Wildman–Crippen MR) is 98.3 cm³/mol. The zero-order valence-electron chi connectivity index (χ0n) is 13.7. The Hall–Kier alpha value is -3.41. The molecule has 0 radical (unpaired) electrons. The fourth-order valence-corrected chi connectivity index (χ4v) is 2.75. The first-order valence-electron chi connectivity index (χ1n) is 8.00. The molecule has 2 aromatic carbocycles. The largest absolute Gasteiger partial charge is 0.350 e. The number of H-pyrrole nitrogens is 1. The average molecular weight is 331 g/mol. The predicted octanol–water partition coefficient (Wildman–Crippen LogP) is 2.94. The second kappa shape index (κ2) is 6.24. The van der Waals surface area contributed by atoms with E-state index in [2.05, 4.69) is 32.4 Å². The van der Waals surface area contributed by atoms with Crippen molar-refractivity contribution < 1.29 is 0 Å². The summed E-state index contributed by atoms with van der Waals surface area (Å²) in [6.45, 7) is 0.678. The van der Waals surface area contributed by atoms with Crippen LogP contribution in [0, 0.1) is 0 Å². The molecule has 0 saturated carbocycles. The molecule has 0 aliphatic heterocycles. The van der Waals surface area contributed by atoms with Gasteiger partial charge >= 0.3 is 5.69 Å². The van der Waals surface area contributed by atoms with Gasteiger partial charge in [-0.25, -0.2) is 14.8 Å². The highest BCUT2D eigenvalue weighted by Crippen LogP contribution is 2.22. The Labute approximate surface area is 144 Å². The van der Waals surface area contributed by atoms with E-state index in [-0.39, 0.29) is 5.69 Å². The normalized spacial score (nSPS) is 10.9. The van der Waals surface area contributed by atoms with Gasteiger partial charge < -0.3 is 10.3 Å². The van der Waals surface area contributed by atoms with Crippen LogP contribution in [0.4, 0.5) is 5.95 Å². The van der Waals surface area contributed by atoms with E-state index >= 15 is 0 Å². The lowest BCUT2D eigenvalue weighted by Crippen LogP contribution is -2.11. The van der Waals surface area contributed by atoms with E-state index in [0.717, 1.165) is 22.2 Å². The third kappa shape index (κ3) is 3.01. The van der Waals surface area contributed by atoms with Crippen LogP contribution in [0.3, 0.4) is 0 Å². The molecule has 2 aromatic heterocycles. The Bertz CT molecular complexity index is 1060. The highest BCUT2D eigenvalue weighted by molar-refractivity contribution is 5.81. The quantitative estimate of drug-likeness (QED) is 0.603. The van der Waals surface area contributed by atoms with Gasteiger partial charge in [-0.15, -0.1) is 0 Å². The van der Waals surface area contributed by atoms with Crippen molar-refractivity contribution in [1.82, 2.24) is 19.5 Å². The molecule has 0 aliphatic rings. The molecule has 2 N–H and O–H groups in total.